The van der Waals surface area contributed by atoms with Crippen LogP contribution in [0.2, 0.25) is 0 Å². The van der Waals surface area contributed by atoms with Gasteiger partial charge in [-0.3, -0.25) is 4.79 Å². The maximum atomic E-state index is 11.5. The van der Waals surface area contributed by atoms with Gasteiger partial charge in [0.15, 0.2) is 5.78 Å². The maximum Gasteiger partial charge on any atom is 0.162 e. The average Bonchev–Trinajstić information content (AvgIpc) is 2.46. The van der Waals surface area contributed by atoms with E-state index in [4.69, 9.17) is 5.26 Å². The van der Waals surface area contributed by atoms with Gasteiger partial charge in [-0.2, -0.15) is 5.26 Å². The molecule has 0 aliphatic carbocycles. The lowest BCUT2D eigenvalue weighted by Gasteiger charge is -2.03. The highest BCUT2D eigenvalue weighted by Crippen LogP contribution is 2.21. The van der Waals surface area contributed by atoms with Gasteiger partial charge in [-0.05, 0) is 23.3 Å². The molecule has 0 aromatic heterocycles. The largest absolute Gasteiger partial charge is 0.294 e. The van der Waals surface area contributed by atoms with Crippen molar-refractivity contribution >= 4 is 5.78 Å². The molecule has 0 unspecified atom stereocenters. The second-order valence-electron chi connectivity index (χ2n) is 4.05. The van der Waals surface area contributed by atoms with Crippen LogP contribution in [-0.2, 0) is 0 Å². The smallest absolute Gasteiger partial charge is 0.162 e. The van der Waals surface area contributed by atoms with Gasteiger partial charge in [-0.1, -0.05) is 43.3 Å². The predicted molar refractivity (Wildman–Crippen MR) is 71.2 cm³/mol. The Bertz CT molecular complexity index is 606. The highest BCUT2D eigenvalue weighted by molar-refractivity contribution is 5.96. The van der Waals surface area contributed by atoms with E-state index in [1.54, 1.807) is 6.07 Å². The van der Waals surface area contributed by atoms with E-state index in [0.29, 0.717) is 12.0 Å². The van der Waals surface area contributed by atoms with Crippen LogP contribution in [0.4, 0.5) is 0 Å². The number of nitrogens with zero attached hydrogens (tertiary/aromatic N) is 1. The standard InChI is InChI=1S/C16H13NO/c1-2-16(18)14-8-6-13(7-9-14)15-5-3-4-12(10-15)11-17/h3-10H,2H2,1H3. The zero-order valence-corrected chi connectivity index (χ0v) is 10.2. The van der Waals surface area contributed by atoms with Crippen molar-refractivity contribution in [2.24, 2.45) is 0 Å². The summed E-state index contributed by atoms with van der Waals surface area (Å²) in [4.78, 5) is 11.5. The van der Waals surface area contributed by atoms with E-state index in [1.165, 1.54) is 0 Å². The summed E-state index contributed by atoms with van der Waals surface area (Å²) in [7, 11) is 0. The minimum atomic E-state index is 0.146. The summed E-state index contributed by atoms with van der Waals surface area (Å²) in [5.74, 6) is 0.146. The van der Waals surface area contributed by atoms with Crippen LogP contribution >= 0.6 is 0 Å². The van der Waals surface area contributed by atoms with Gasteiger partial charge < -0.3 is 0 Å². The minimum absolute atomic E-state index is 0.146. The summed E-state index contributed by atoms with van der Waals surface area (Å²) in [6.45, 7) is 1.85. The van der Waals surface area contributed by atoms with Crippen LogP contribution in [0, 0.1) is 11.3 Å². The molecule has 0 atom stereocenters. The third-order valence-electron chi connectivity index (χ3n) is 2.85. The average molecular weight is 235 g/mol. The van der Waals surface area contributed by atoms with E-state index in [2.05, 4.69) is 6.07 Å². The van der Waals surface area contributed by atoms with Gasteiger partial charge in [-0.25, -0.2) is 0 Å². The van der Waals surface area contributed by atoms with E-state index >= 15 is 0 Å². The first-order chi connectivity index (χ1) is 8.74. The van der Waals surface area contributed by atoms with Crippen molar-refractivity contribution in [3.63, 3.8) is 0 Å². The molecule has 0 aliphatic heterocycles. The molecule has 2 rings (SSSR count). The van der Waals surface area contributed by atoms with Crippen LogP contribution in [0.3, 0.4) is 0 Å². The summed E-state index contributed by atoms with van der Waals surface area (Å²) in [5.41, 5.74) is 3.38. The first-order valence-electron chi connectivity index (χ1n) is 5.88. The topological polar surface area (TPSA) is 40.9 Å². The Kier molecular flexibility index (Phi) is 3.54. The molecule has 0 fully saturated rings. The zero-order chi connectivity index (χ0) is 13.0. The van der Waals surface area contributed by atoms with Gasteiger partial charge in [0.2, 0.25) is 0 Å². The molecule has 2 heteroatoms. The minimum Gasteiger partial charge on any atom is -0.294 e. The first-order valence-corrected chi connectivity index (χ1v) is 5.88. The molecule has 18 heavy (non-hydrogen) atoms. The number of rotatable bonds is 3. The van der Waals surface area contributed by atoms with Crippen molar-refractivity contribution in [3.05, 3.63) is 59.7 Å². The van der Waals surface area contributed by atoms with Crippen LogP contribution in [0.5, 0.6) is 0 Å². The summed E-state index contributed by atoms with van der Waals surface area (Å²) < 4.78 is 0. The molecule has 0 spiro atoms. The third-order valence-corrected chi connectivity index (χ3v) is 2.85. The molecule has 0 saturated heterocycles. The Morgan fingerprint density at radius 3 is 2.44 bits per heavy atom. The summed E-state index contributed by atoms with van der Waals surface area (Å²) >= 11 is 0. The fraction of sp³-hybridized carbons (Fsp3) is 0.125. The Morgan fingerprint density at radius 1 is 1.11 bits per heavy atom. The number of Topliss-reactive ketones (excluding diaryl/α,β-unsaturated/α-hetero) is 1. The molecule has 88 valence electrons. The Balaban J connectivity index is 2.34. The molecule has 0 bridgehead atoms. The monoisotopic (exact) mass is 235 g/mol. The van der Waals surface area contributed by atoms with Gasteiger partial charge in [0.25, 0.3) is 0 Å². The Morgan fingerprint density at radius 2 is 1.83 bits per heavy atom. The number of carbonyl (C=O) groups excluding carboxylic acids is 1. The fourth-order valence-corrected chi connectivity index (χ4v) is 1.82. The Labute approximate surface area is 107 Å². The normalized spacial score (nSPS) is 9.78. The number of carbonyl (C=O) groups is 1. The highest BCUT2D eigenvalue weighted by atomic mass is 16.1. The van der Waals surface area contributed by atoms with Crippen LogP contribution in [0.1, 0.15) is 29.3 Å². The zero-order valence-electron chi connectivity index (χ0n) is 10.2. The van der Waals surface area contributed by atoms with E-state index in [1.807, 2.05) is 49.4 Å². The predicted octanol–water partition coefficient (Wildman–Crippen LogP) is 3.82. The van der Waals surface area contributed by atoms with Gasteiger partial charge in [0.05, 0.1) is 11.6 Å². The third kappa shape index (κ3) is 2.46. The van der Waals surface area contributed by atoms with Gasteiger partial charge in [0.1, 0.15) is 0 Å². The molecule has 0 N–H and O–H groups in total. The fourth-order valence-electron chi connectivity index (χ4n) is 1.82. The summed E-state index contributed by atoms with van der Waals surface area (Å²) in [6, 6.07) is 17.1. The van der Waals surface area contributed by atoms with Crippen LogP contribution in [0.15, 0.2) is 48.5 Å². The molecule has 2 nitrogen and oxygen atoms in total. The molecule has 0 aliphatic rings. The molecular formula is C16H13NO. The Hall–Kier alpha value is -2.40. The second kappa shape index (κ2) is 5.29. The molecule has 2 aromatic carbocycles. The quantitative estimate of drug-likeness (QED) is 0.759. The van der Waals surface area contributed by atoms with E-state index < -0.39 is 0 Å². The maximum absolute atomic E-state index is 11.5. The molecule has 0 radical (unpaired) electrons. The van der Waals surface area contributed by atoms with Crippen molar-refractivity contribution in [2.75, 3.05) is 0 Å². The molecule has 0 heterocycles. The van der Waals surface area contributed by atoms with Gasteiger partial charge in [-0.15, -0.1) is 0 Å². The summed E-state index contributed by atoms with van der Waals surface area (Å²) in [6.07, 6.45) is 0.517. The van der Waals surface area contributed by atoms with Crippen LogP contribution in [-0.4, -0.2) is 5.78 Å². The van der Waals surface area contributed by atoms with E-state index in [9.17, 15) is 4.79 Å². The van der Waals surface area contributed by atoms with Crippen LogP contribution < -0.4 is 0 Å². The highest BCUT2D eigenvalue weighted by Gasteiger charge is 2.03. The molecule has 0 amide bonds. The van der Waals surface area contributed by atoms with E-state index in [-0.39, 0.29) is 5.78 Å². The molecular weight excluding hydrogens is 222 g/mol. The lowest BCUT2D eigenvalue weighted by Crippen LogP contribution is -1.95. The summed E-state index contributed by atoms with van der Waals surface area (Å²) in [5, 5.41) is 8.86. The first kappa shape index (κ1) is 12.1. The van der Waals surface area contributed by atoms with E-state index in [0.717, 1.165) is 16.7 Å². The van der Waals surface area contributed by atoms with Crippen molar-refractivity contribution in [3.8, 4) is 17.2 Å². The molecule has 2 aromatic rings. The van der Waals surface area contributed by atoms with Crippen molar-refractivity contribution in [2.45, 2.75) is 13.3 Å². The van der Waals surface area contributed by atoms with Crippen LogP contribution in [0.25, 0.3) is 11.1 Å². The lowest BCUT2D eigenvalue weighted by molar-refractivity contribution is 0.0988. The lowest BCUT2D eigenvalue weighted by atomic mass is 10.0. The second-order valence-corrected chi connectivity index (χ2v) is 4.05. The number of hydrogen-bond acceptors (Lipinski definition) is 2. The van der Waals surface area contributed by atoms with Gasteiger partial charge in [0, 0.05) is 12.0 Å². The van der Waals surface area contributed by atoms with Gasteiger partial charge >= 0.3 is 0 Å². The SMILES string of the molecule is CCC(=O)c1ccc(-c2cccc(C#N)c2)cc1. The molecule has 0 saturated carbocycles. The number of ketones is 1. The van der Waals surface area contributed by atoms with Crippen molar-refractivity contribution in [1.82, 2.24) is 0 Å². The number of benzene rings is 2. The van der Waals surface area contributed by atoms with Crippen molar-refractivity contribution < 1.29 is 4.79 Å². The number of hydrogen-bond donors (Lipinski definition) is 0. The van der Waals surface area contributed by atoms with Crippen molar-refractivity contribution in [1.29, 1.82) is 5.26 Å². The number of nitriles is 1.